The maximum atomic E-state index is 14.4. The predicted octanol–water partition coefficient (Wildman–Crippen LogP) is 4.34. The Balaban J connectivity index is 1.92. The number of rotatable bonds is 6. The normalized spacial score (nSPS) is 11.2. The van der Waals surface area contributed by atoms with Crippen LogP contribution in [-0.4, -0.2) is 20.9 Å². The molecule has 146 valence electrons. The molecule has 0 saturated heterocycles. The van der Waals surface area contributed by atoms with Crippen molar-refractivity contribution in [3.05, 3.63) is 76.9 Å². The molecule has 0 aliphatic heterocycles. The number of amides is 1. The lowest BCUT2D eigenvalue weighted by molar-refractivity contribution is -0.114. The number of para-hydroxylation sites is 1. The van der Waals surface area contributed by atoms with Gasteiger partial charge in [0.25, 0.3) is 10.0 Å². The molecule has 0 aliphatic carbocycles. The summed E-state index contributed by atoms with van der Waals surface area (Å²) >= 11 is 1.01. The van der Waals surface area contributed by atoms with Crippen LogP contribution in [0, 0.1) is 19.7 Å². The van der Waals surface area contributed by atoms with Crippen molar-refractivity contribution >= 4 is 38.6 Å². The van der Waals surface area contributed by atoms with Crippen LogP contribution in [0.1, 0.15) is 11.1 Å². The monoisotopic (exact) mass is 418 g/mol. The van der Waals surface area contributed by atoms with Gasteiger partial charge < -0.3 is 5.32 Å². The first-order valence-corrected chi connectivity index (χ1v) is 10.8. The molecule has 1 N–H and O–H groups in total. The van der Waals surface area contributed by atoms with E-state index in [2.05, 4.69) is 5.32 Å². The van der Waals surface area contributed by atoms with E-state index in [0.717, 1.165) is 32.8 Å². The number of halogens is 1. The fourth-order valence-electron chi connectivity index (χ4n) is 2.62. The van der Waals surface area contributed by atoms with E-state index in [1.54, 1.807) is 23.6 Å². The van der Waals surface area contributed by atoms with Gasteiger partial charge in [-0.3, -0.25) is 9.10 Å². The molecule has 0 spiro atoms. The molecule has 0 saturated carbocycles. The fourth-order valence-corrected chi connectivity index (χ4v) is 5.16. The summed E-state index contributed by atoms with van der Waals surface area (Å²) < 4.78 is 41.2. The van der Waals surface area contributed by atoms with Gasteiger partial charge in [-0.2, -0.15) is 0 Å². The average Bonchev–Trinajstić information content (AvgIpc) is 3.19. The molecule has 0 fully saturated rings. The summed E-state index contributed by atoms with van der Waals surface area (Å²) in [4.78, 5) is 12.6. The summed E-state index contributed by atoms with van der Waals surface area (Å²) in [5.74, 6) is -1.28. The summed E-state index contributed by atoms with van der Waals surface area (Å²) in [6.07, 6.45) is 0. The van der Waals surface area contributed by atoms with Gasteiger partial charge in [0.15, 0.2) is 0 Å². The molecule has 0 bridgehead atoms. The number of hydrogen-bond acceptors (Lipinski definition) is 4. The highest BCUT2D eigenvalue weighted by Crippen LogP contribution is 2.28. The molecule has 0 radical (unpaired) electrons. The number of anilines is 2. The molecule has 2 aromatic carbocycles. The average molecular weight is 419 g/mol. The second kappa shape index (κ2) is 8.12. The number of thiophene rings is 1. The lowest BCUT2D eigenvalue weighted by Crippen LogP contribution is -2.38. The standard InChI is InChI=1S/C20H19FN2O3S2/c1-14-9-10-16(12-15(14)2)22-19(24)13-23(18-7-4-3-6-17(18)21)28(25,26)20-8-5-11-27-20/h3-12H,13H2,1-2H3,(H,22,24). The van der Waals surface area contributed by atoms with Crippen LogP contribution in [0.2, 0.25) is 0 Å². The SMILES string of the molecule is Cc1ccc(NC(=O)CN(c2ccccc2F)S(=O)(=O)c2cccs2)cc1C. The van der Waals surface area contributed by atoms with Gasteiger partial charge in [0, 0.05) is 5.69 Å². The molecule has 3 rings (SSSR count). The first-order valence-electron chi connectivity index (χ1n) is 8.47. The Kier molecular flexibility index (Phi) is 5.81. The Bertz CT molecular complexity index is 1100. The Morgan fingerprint density at radius 1 is 1.07 bits per heavy atom. The highest BCUT2D eigenvalue weighted by molar-refractivity contribution is 7.94. The summed E-state index contributed by atoms with van der Waals surface area (Å²) in [6.45, 7) is 3.32. The zero-order chi connectivity index (χ0) is 20.3. The van der Waals surface area contributed by atoms with Gasteiger partial charge in [-0.1, -0.05) is 24.3 Å². The van der Waals surface area contributed by atoms with Crippen molar-refractivity contribution in [1.29, 1.82) is 0 Å². The minimum atomic E-state index is -4.08. The van der Waals surface area contributed by atoms with E-state index >= 15 is 0 Å². The van der Waals surface area contributed by atoms with Crippen molar-refractivity contribution in [1.82, 2.24) is 0 Å². The van der Waals surface area contributed by atoms with Gasteiger partial charge in [-0.05, 0) is 60.7 Å². The highest BCUT2D eigenvalue weighted by atomic mass is 32.2. The lowest BCUT2D eigenvalue weighted by Gasteiger charge is -2.23. The van der Waals surface area contributed by atoms with Crippen molar-refractivity contribution in [2.24, 2.45) is 0 Å². The molecular weight excluding hydrogens is 399 g/mol. The van der Waals surface area contributed by atoms with Crippen LogP contribution < -0.4 is 9.62 Å². The van der Waals surface area contributed by atoms with Crippen LogP contribution in [0.5, 0.6) is 0 Å². The van der Waals surface area contributed by atoms with Gasteiger partial charge in [-0.25, -0.2) is 12.8 Å². The maximum Gasteiger partial charge on any atom is 0.274 e. The summed E-state index contributed by atoms with van der Waals surface area (Å²) in [5.41, 5.74) is 2.45. The molecule has 8 heteroatoms. The number of carbonyl (C=O) groups is 1. The van der Waals surface area contributed by atoms with Crippen molar-refractivity contribution in [2.45, 2.75) is 18.1 Å². The minimum Gasteiger partial charge on any atom is -0.325 e. The van der Waals surface area contributed by atoms with E-state index < -0.39 is 28.3 Å². The smallest absolute Gasteiger partial charge is 0.274 e. The number of aryl methyl sites for hydroxylation is 2. The molecular formula is C20H19FN2O3S2. The van der Waals surface area contributed by atoms with Crippen LogP contribution in [0.3, 0.4) is 0 Å². The van der Waals surface area contributed by atoms with Crippen LogP contribution in [0.15, 0.2) is 64.2 Å². The lowest BCUT2D eigenvalue weighted by atomic mass is 10.1. The van der Waals surface area contributed by atoms with Crippen LogP contribution in [-0.2, 0) is 14.8 Å². The third-order valence-electron chi connectivity index (χ3n) is 4.24. The third kappa shape index (κ3) is 4.23. The van der Waals surface area contributed by atoms with Gasteiger partial charge in [-0.15, -0.1) is 11.3 Å². The molecule has 28 heavy (non-hydrogen) atoms. The minimum absolute atomic E-state index is 0.0368. The second-order valence-electron chi connectivity index (χ2n) is 6.24. The Labute approximate surface area is 167 Å². The van der Waals surface area contributed by atoms with E-state index in [1.807, 2.05) is 19.9 Å². The zero-order valence-corrected chi connectivity index (χ0v) is 17.0. The quantitative estimate of drug-likeness (QED) is 0.648. The van der Waals surface area contributed by atoms with Crippen LogP contribution >= 0.6 is 11.3 Å². The largest absolute Gasteiger partial charge is 0.325 e. The predicted molar refractivity (Wildman–Crippen MR) is 110 cm³/mol. The Hall–Kier alpha value is -2.71. The van der Waals surface area contributed by atoms with Gasteiger partial charge in [0.1, 0.15) is 16.6 Å². The molecule has 1 heterocycles. The molecule has 1 aromatic heterocycles. The van der Waals surface area contributed by atoms with E-state index in [-0.39, 0.29) is 9.90 Å². The number of benzene rings is 2. The Morgan fingerprint density at radius 2 is 1.82 bits per heavy atom. The number of nitrogens with zero attached hydrogens (tertiary/aromatic N) is 1. The van der Waals surface area contributed by atoms with Crippen molar-refractivity contribution in [3.63, 3.8) is 0 Å². The van der Waals surface area contributed by atoms with E-state index in [4.69, 9.17) is 0 Å². The summed E-state index contributed by atoms with van der Waals surface area (Å²) in [7, 11) is -4.08. The molecule has 0 unspecified atom stereocenters. The highest BCUT2D eigenvalue weighted by Gasteiger charge is 2.29. The number of carbonyl (C=O) groups excluding carboxylic acids is 1. The third-order valence-corrected chi connectivity index (χ3v) is 7.37. The molecule has 5 nitrogen and oxygen atoms in total. The van der Waals surface area contributed by atoms with Crippen molar-refractivity contribution in [2.75, 3.05) is 16.2 Å². The van der Waals surface area contributed by atoms with Gasteiger partial charge in [0.05, 0.1) is 5.69 Å². The van der Waals surface area contributed by atoms with E-state index in [9.17, 15) is 17.6 Å². The second-order valence-corrected chi connectivity index (χ2v) is 9.28. The molecule has 1 amide bonds. The maximum absolute atomic E-state index is 14.4. The van der Waals surface area contributed by atoms with E-state index in [0.29, 0.717) is 5.69 Å². The molecule has 0 aliphatic rings. The Morgan fingerprint density at radius 3 is 2.46 bits per heavy atom. The topological polar surface area (TPSA) is 66.5 Å². The molecule has 3 aromatic rings. The first kappa shape index (κ1) is 20.0. The first-order chi connectivity index (χ1) is 13.3. The van der Waals surface area contributed by atoms with Gasteiger partial charge in [0.2, 0.25) is 5.91 Å². The number of hydrogen-bond donors (Lipinski definition) is 1. The van der Waals surface area contributed by atoms with E-state index in [1.165, 1.54) is 24.3 Å². The zero-order valence-electron chi connectivity index (χ0n) is 15.3. The summed E-state index contributed by atoms with van der Waals surface area (Å²) in [5, 5.41) is 4.30. The number of sulfonamides is 1. The van der Waals surface area contributed by atoms with Crippen molar-refractivity contribution < 1.29 is 17.6 Å². The number of nitrogens with one attached hydrogen (secondary N) is 1. The summed E-state index contributed by atoms with van der Waals surface area (Å²) in [6, 6.07) is 13.9. The van der Waals surface area contributed by atoms with Crippen LogP contribution in [0.4, 0.5) is 15.8 Å². The van der Waals surface area contributed by atoms with Crippen molar-refractivity contribution in [3.8, 4) is 0 Å². The van der Waals surface area contributed by atoms with Gasteiger partial charge >= 0.3 is 0 Å². The molecule has 0 atom stereocenters. The van der Waals surface area contributed by atoms with Crippen LogP contribution in [0.25, 0.3) is 0 Å². The fraction of sp³-hybridized carbons (Fsp3) is 0.150.